The van der Waals surface area contributed by atoms with Gasteiger partial charge in [0.15, 0.2) is 5.16 Å². The molecule has 0 atom stereocenters. The molecule has 0 saturated heterocycles. The van der Waals surface area contributed by atoms with Crippen LogP contribution in [-0.4, -0.2) is 24.9 Å². The highest BCUT2D eigenvalue weighted by Gasteiger charge is 2.11. The Hall–Kier alpha value is -2.34. The minimum Gasteiger partial charge on any atom is -0.280 e. The van der Waals surface area contributed by atoms with Crippen molar-refractivity contribution < 1.29 is 0 Å². The number of aryl methyl sites for hydroxylation is 2. The average Bonchev–Trinajstić information content (AvgIpc) is 2.88. The van der Waals surface area contributed by atoms with Crippen molar-refractivity contribution in [3.63, 3.8) is 0 Å². The van der Waals surface area contributed by atoms with Crippen molar-refractivity contribution in [1.82, 2.24) is 19.2 Å². The van der Waals surface area contributed by atoms with Crippen LogP contribution in [0, 0.1) is 13.8 Å². The summed E-state index contributed by atoms with van der Waals surface area (Å²) in [5.74, 6) is 0.723. The van der Waals surface area contributed by atoms with Gasteiger partial charge in [-0.1, -0.05) is 23.9 Å². The van der Waals surface area contributed by atoms with Crippen LogP contribution in [-0.2, 0) is 0 Å². The monoisotopic (exact) mass is 312 g/mol. The molecule has 0 aliphatic heterocycles. The summed E-state index contributed by atoms with van der Waals surface area (Å²) in [7, 11) is 0. The van der Waals surface area contributed by atoms with Crippen LogP contribution in [0.2, 0.25) is 0 Å². The first kappa shape index (κ1) is 14.6. The van der Waals surface area contributed by atoms with Crippen LogP contribution in [0.3, 0.4) is 0 Å². The van der Waals surface area contributed by atoms with E-state index >= 15 is 0 Å². The molecule has 3 rings (SSSR count). The van der Waals surface area contributed by atoms with E-state index in [0.29, 0.717) is 10.8 Å². The van der Waals surface area contributed by atoms with E-state index in [2.05, 4.69) is 22.8 Å². The zero-order valence-electron chi connectivity index (χ0n) is 12.5. The van der Waals surface area contributed by atoms with Gasteiger partial charge < -0.3 is 0 Å². The number of hydrogen-bond acceptors (Lipinski definition) is 4. The third kappa shape index (κ3) is 2.57. The molecule has 0 spiro atoms. The summed E-state index contributed by atoms with van der Waals surface area (Å²) in [6.45, 7) is 7.71. The Kier molecular flexibility index (Phi) is 3.85. The Labute approximate surface area is 132 Å². The van der Waals surface area contributed by atoms with Gasteiger partial charge in [0, 0.05) is 23.8 Å². The number of thioether (sulfide) groups is 1. The third-order valence-corrected chi connectivity index (χ3v) is 4.19. The highest BCUT2D eigenvalue weighted by atomic mass is 32.2. The van der Waals surface area contributed by atoms with Crippen molar-refractivity contribution in [2.24, 2.45) is 0 Å². The van der Waals surface area contributed by atoms with E-state index in [0.717, 1.165) is 22.6 Å². The minimum absolute atomic E-state index is 0.176. The van der Waals surface area contributed by atoms with Gasteiger partial charge in [-0.05, 0) is 37.1 Å². The largest absolute Gasteiger partial charge is 0.300 e. The molecule has 0 radical (unpaired) electrons. The second kappa shape index (κ2) is 5.81. The summed E-state index contributed by atoms with van der Waals surface area (Å²) >= 11 is 1.49. The molecule has 0 saturated carbocycles. The zero-order valence-corrected chi connectivity index (χ0v) is 13.3. The second-order valence-corrected chi connectivity index (χ2v) is 6.08. The molecule has 0 aliphatic rings. The normalized spacial score (nSPS) is 11.0. The van der Waals surface area contributed by atoms with E-state index in [1.54, 1.807) is 21.2 Å². The number of hydrogen-bond donors (Lipinski definition) is 0. The fourth-order valence-electron chi connectivity index (χ4n) is 2.39. The Morgan fingerprint density at radius 3 is 2.59 bits per heavy atom. The minimum atomic E-state index is -0.176. The summed E-state index contributed by atoms with van der Waals surface area (Å²) < 4.78 is 3.32. The van der Waals surface area contributed by atoms with Gasteiger partial charge in [0.2, 0.25) is 5.65 Å². The van der Waals surface area contributed by atoms with E-state index < -0.39 is 0 Å². The number of fused-ring (bicyclic) bond motifs is 1. The predicted molar refractivity (Wildman–Crippen MR) is 89.0 cm³/mol. The Balaban J connectivity index is 2.15. The van der Waals surface area contributed by atoms with Crippen LogP contribution in [0.5, 0.6) is 0 Å². The lowest BCUT2D eigenvalue weighted by Crippen LogP contribution is -2.20. The molecule has 2 aromatic heterocycles. The topological polar surface area (TPSA) is 52.2 Å². The van der Waals surface area contributed by atoms with Gasteiger partial charge in [-0.15, -0.1) is 16.8 Å². The molecule has 5 nitrogen and oxygen atoms in total. The Morgan fingerprint density at radius 2 is 1.91 bits per heavy atom. The fraction of sp³-hybridized carbons (Fsp3) is 0.188. The summed E-state index contributed by atoms with van der Waals surface area (Å²) in [5, 5.41) is 8.80. The molecule has 112 valence electrons. The van der Waals surface area contributed by atoms with E-state index in [4.69, 9.17) is 0 Å². The van der Waals surface area contributed by atoms with Gasteiger partial charge in [-0.25, -0.2) is 0 Å². The first-order valence-corrected chi connectivity index (χ1v) is 7.87. The Morgan fingerprint density at radius 1 is 1.18 bits per heavy atom. The molecule has 22 heavy (non-hydrogen) atoms. The van der Waals surface area contributed by atoms with E-state index in [1.807, 2.05) is 32.2 Å². The third-order valence-electron chi connectivity index (χ3n) is 3.25. The van der Waals surface area contributed by atoms with Gasteiger partial charge in [0.25, 0.3) is 0 Å². The lowest BCUT2D eigenvalue weighted by molar-refractivity contribution is 0.893. The predicted octanol–water partition coefficient (Wildman–Crippen LogP) is 2.78. The van der Waals surface area contributed by atoms with Crippen LogP contribution < -0.4 is 5.56 Å². The fourth-order valence-corrected chi connectivity index (χ4v) is 3.04. The van der Waals surface area contributed by atoms with E-state index in [-0.39, 0.29) is 5.56 Å². The number of aromatic nitrogens is 4. The lowest BCUT2D eigenvalue weighted by Gasteiger charge is -2.08. The molecule has 0 aliphatic carbocycles. The molecular formula is C16H16N4OS. The van der Waals surface area contributed by atoms with Crippen molar-refractivity contribution in [3.05, 3.63) is 64.7 Å². The lowest BCUT2D eigenvalue weighted by atomic mass is 10.1. The van der Waals surface area contributed by atoms with Gasteiger partial charge in [-0.2, -0.15) is 0 Å². The highest BCUT2D eigenvalue weighted by Crippen LogP contribution is 2.16. The number of rotatable bonds is 4. The van der Waals surface area contributed by atoms with Crippen LogP contribution in [0.1, 0.15) is 11.1 Å². The molecule has 6 heteroatoms. The Bertz CT molecular complexity index is 890. The zero-order chi connectivity index (χ0) is 15.7. The molecule has 0 amide bonds. The first-order valence-electron chi connectivity index (χ1n) is 6.89. The molecule has 3 aromatic rings. The number of nitrogens with zero attached hydrogens (tertiary/aromatic N) is 4. The van der Waals surface area contributed by atoms with Crippen molar-refractivity contribution in [1.29, 1.82) is 0 Å². The van der Waals surface area contributed by atoms with E-state index in [9.17, 15) is 4.79 Å². The van der Waals surface area contributed by atoms with Crippen molar-refractivity contribution in [2.75, 3.05) is 5.75 Å². The summed E-state index contributed by atoms with van der Waals surface area (Å²) in [5.41, 5.74) is 3.22. The van der Waals surface area contributed by atoms with E-state index in [1.165, 1.54) is 11.8 Å². The summed E-state index contributed by atoms with van der Waals surface area (Å²) in [6.07, 6.45) is 5.37. The summed E-state index contributed by atoms with van der Waals surface area (Å²) in [6, 6.07) is 6.04. The molecule has 0 bridgehead atoms. The van der Waals surface area contributed by atoms with Gasteiger partial charge in [-0.3, -0.25) is 13.8 Å². The highest BCUT2D eigenvalue weighted by molar-refractivity contribution is 7.99. The maximum atomic E-state index is 12.6. The molecular weight excluding hydrogens is 296 g/mol. The maximum absolute atomic E-state index is 12.6. The second-order valence-electron chi connectivity index (χ2n) is 5.10. The van der Waals surface area contributed by atoms with Crippen molar-refractivity contribution >= 4 is 17.4 Å². The molecule has 0 unspecified atom stereocenters. The van der Waals surface area contributed by atoms with Crippen molar-refractivity contribution in [3.8, 4) is 5.69 Å². The quantitative estimate of drug-likeness (QED) is 0.549. The first-order chi connectivity index (χ1) is 10.6. The maximum Gasteiger partial charge on any atom is 0.300 e. The van der Waals surface area contributed by atoms with Crippen LogP contribution >= 0.6 is 11.8 Å². The molecule has 2 heterocycles. The molecule has 0 N–H and O–H groups in total. The average molecular weight is 312 g/mol. The van der Waals surface area contributed by atoms with Crippen LogP contribution in [0.4, 0.5) is 0 Å². The van der Waals surface area contributed by atoms with Crippen LogP contribution in [0.25, 0.3) is 11.3 Å². The SMILES string of the molecule is C=CCSc1nnc2c(=O)n(-c3cc(C)cc(C)c3)ccn12. The summed E-state index contributed by atoms with van der Waals surface area (Å²) in [4.78, 5) is 12.6. The number of benzene rings is 1. The van der Waals surface area contributed by atoms with Gasteiger partial charge in [0.05, 0.1) is 0 Å². The van der Waals surface area contributed by atoms with Crippen molar-refractivity contribution in [2.45, 2.75) is 19.0 Å². The van der Waals surface area contributed by atoms with Gasteiger partial charge in [0.1, 0.15) is 0 Å². The standard InChI is InChI=1S/C16H16N4OS/c1-4-7-22-16-18-17-14-15(21)19(5-6-20(14)16)13-9-11(2)8-12(3)10-13/h4-6,8-10H,1,7H2,2-3H3. The smallest absolute Gasteiger partial charge is 0.280 e. The molecule has 1 aromatic carbocycles. The molecule has 0 fully saturated rings. The van der Waals surface area contributed by atoms with Crippen LogP contribution in [0.15, 0.2) is 53.2 Å². The van der Waals surface area contributed by atoms with Gasteiger partial charge >= 0.3 is 5.56 Å².